The van der Waals surface area contributed by atoms with E-state index in [1.807, 2.05) is 13.1 Å². The molecular weight excluding hydrogens is 292 g/mol. The Kier molecular flexibility index (Phi) is 5.11. The van der Waals surface area contributed by atoms with Crippen LogP contribution >= 0.6 is 22.9 Å². The number of anilines is 1. The van der Waals surface area contributed by atoms with Gasteiger partial charge in [0.1, 0.15) is 11.3 Å². The predicted molar refractivity (Wildman–Crippen MR) is 88.7 cm³/mol. The lowest BCUT2D eigenvalue weighted by atomic mass is 10.0. The van der Waals surface area contributed by atoms with Crippen LogP contribution in [0.1, 0.15) is 45.1 Å². The maximum Gasteiger partial charge on any atom is 0.183 e. The highest BCUT2D eigenvalue weighted by molar-refractivity contribution is 7.22. The van der Waals surface area contributed by atoms with Crippen molar-refractivity contribution in [1.29, 1.82) is 0 Å². The predicted octanol–water partition coefficient (Wildman–Crippen LogP) is 5.29. The highest BCUT2D eigenvalue weighted by Crippen LogP contribution is 2.42. The second-order valence-electron chi connectivity index (χ2n) is 5.08. The van der Waals surface area contributed by atoms with Crippen LogP contribution in [0, 0.1) is 0 Å². The van der Waals surface area contributed by atoms with Gasteiger partial charge in [-0.25, -0.2) is 4.98 Å². The van der Waals surface area contributed by atoms with Crippen LogP contribution in [0.15, 0.2) is 6.07 Å². The second kappa shape index (κ2) is 6.64. The van der Waals surface area contributed by atoms with E-state index in [2.05, 4.69) is 31.1 Å². The number of aromatic nitrogens is 1. The van der Waals surface area contributed by atoms with Crippen LogP contribution < -0.4 is 10.1 Å². The average Bonchev–Trinajstić information content (AvgIpc) is 2.85. The molecule has 0 atom stereocenters. The molecular formula is C15H21ClN2OS. The van der Waals surface area contributed by atoms with Crippen molar-refractivity contribution in [2.45, 2.75) is 39.5 Å². The van der Waals surface area contributed by atoms with E-state index in [1.165, 1.54) is 0 Å². The molecule has 1 N–H and O–H groups in total. The molecule has 1 aromatic carbocycles. The minimum Gasteiger partial charge on any atom is -0.491 e. The van der Waals surface area contributed by atoms with Crippen molar-refractivity contribution >= 4 is 38.3 Å². The molecule has 110 valence electrons. The monoisotopic (exact) mass is 312 g/mol. The summed E-state index contributed by atoms with van der Waals surface area (Å²) in [6.07, 6.45) is 2.16. The number of rotatable bonds is 6. The number of nitrogens with one attached hydrogen (secondary N) is 1. The summed E-state index contributed by atoms with van der Waals surface area (Å²) in [7, 11) is 1.87. The number of halogens is 1. The number of ether oxygens (including phenoxy) is 1. The summed E-state index contributed by atoms with van der Waals surface area (Å²) < 4.78 is 7.02. The fraction of sp³-hybridized carbons (Fsp3) is 0.533. The Bertz CT molecular complexity index is 595. The Morgan fingerprint density at radius 2 is 2.20 bits per heavy atom. The standard InChI is InChI=1S/C15H21ClN2OS/c1-5-6-7-19-13-10(9(2)3)8-11(16)14-12(13)18-15(17-4)20-14/h8-9H,5-7H2,1-4H3,(H,17,18). The lowest BCUT2D eigenvalue weighted by molar-refractivity contribution is 0.308. The van der Waals surface area contributed by atoms with Crippen LogP contribution in [0.25, 0.3) is 10.2 Å². The summed E-state index contributed by atoms with van der Waals surface area (Å²) in [5.41, 5.74) is 2.01. The van der Waals surface area contributed by atoms with E-state index in [-0.39, 0.29) is 0 Å². The Morgan fingerprint density at radius 3 is 2.80 bits per heavy atom. The third-order valence-electron chi connectivity index (χ3n) is 3.18. The molecule has 0 spiro atoms. The molecule has 0 unspecified atom stereocenters. The van der Waals surface area contributed by atoms with Gasteiger partial charge in [-0.05, 0) is 18.4 Å². The van der Waals surface area contributed by atoms with Gasteiger partial charge in [0.05, 0.1) is 16.3 Å². The first-order valence-electron chi connectivity index (χ1n) is 7.02. The molecule has 2 aromatic rings. The van der Waals surface area contributed by atoms with Crippen molar-refractivity contribution < 1.29 is 4.74 Å². The van der Waals surface area contributed by atoms with E-state index in [0.717, 1.165) is 51.1 Å². The number of hydrogen-bond donors (Lipinski definition) is 1. The van der Waals surface area contributed by atoms with Gasteiger partial charge in [-0.1, -0.05) is 50.1 Å². The molecule has 0 radical (unpaired) electrons. The number of benzene rings is 1. The number of unbranched alkanes of at least 4 members (excludes halogenated alkanes) is 1. The van der Waals surface area contributed by atoms with Crippen molar-refractivity contribution in [3.8, 4) is 5.75 Å². The van der Waals surface area contributed by atoms with Gasteiger partial charge >= 0.3 is 0 Å². The van der Waals surface area contributed by atoms with Gasteiger partial charge in [0.15, 0.2) is 5.13 Å². The summed E-state index contributed by atoms with van der Waals surface area (Å²) in [5, 5.41) is 4.70. The number of fused-ring (bicyclic) bond motifs is 1. The molecule has 0 fully saturated rings. The molecule has 0 saturated heterocycles. The van der Waals surface area contributed by atoms with E-state index in [4.69, 9.17) is 16.3 Å². The van der Waals surface area contributed by atoms with Crippen molar-refractivity contribution in [1.82, 2.24) is 4.98 Å². The van der Waals surface area contributed by atoms with Gasteiger partial charge in [0, 0.05) is 12.6 Å². The van der Waals surface area contributed by atoms with E-state index < -0.39 is 0 Å². The minimum absolute atomic E-state index is 0.355. The summed E-state index contributed by atoms with van der Waals surface area (Å²) in [6, 6.07) is 2.02. The van der Waals surface area contributed by atoms with Gasteiger partial charge < -0.3 is 10.1 Å². The Hall–Kier alpha value is -1.00. The summed E-state index contributed by atoms with van der Waals surface area (Å²) >= 11 is 7.96. The largest absolute Gasteiger partial charge is 0.491 e. The normalized spacial score (nSPS) is 11.3. The Balaban J connectivity index is 2.55. The minimum atomic E-state index is 0.355. The smallest absolute Gasteiger partial charge is 0.183 e. The van der Waals surface area contributed by atoms with Crippen LogP contribution in [-0.4, -0.2) is 18.6 Å². The number of hydrogen-bond acceptors (Lipinski definition) is 4. The maximum absolute atomic E-state index is 6.40. The third kappa shape index (κ3) is 3.01. The van der Waals surface area contributed by atoms with Gasteiger partial charge in [-0.2, -0.15) is 0 Å². The highest BCUT2D eigenvalue weighted by atomic mass is 35.5. The second-order valence-corrected chi connectivity index (χ2v) is 6.49. The van der Waals surface area contributed by atoms with E-state index >= 15 is 0 Å². The average molecular weight is 313 g/mol. The van der Waals surface area contributed by atoms with E-state index in [0.29, 0.717) is 5.92 Å². The first-order valence-corrected chi connectivity index (χ1v) is 8.21. The molecule has 3 nitrogen and oxygen atoms in total. The zero-order chi connectivity index (χ0) is 14.7. The van der Waals surface area contributed by atoms with Crippen LogP contribution in [0.2, 0.25) is 5.02 Å². The first-order chi connectivity index (χ1) is 9.58. The Morgan fingerprint density at radius 1 is 1.45 bits per heavy atom. The topological polar surface area (TPSA) is 34.1 Å². The van der Waals surface area contributed by atoms with Crippen molar-refractivity contribution in [2.75, 3.05) is 19.0 Å². The van der Waals surface area contributed by atoms with E-state index in [1.54, 1.807) is 11.3 Å². The molecule has 0 bridgehead atoms. The van der Waals surface area contributed by atoms with Gasteiger partial charge in [-0.15, -0.1) is 0 Å². The molecule has 0 saturated carbocycles. The molecule has 1 heterocycles. The Labute approximate surface area is 129 Å². The molecule has 0 aliphatic heterocycles. The zero-order valence-electron chi connectivity index (χ0n) is 12.4. The SMILES string of the molecule is CCCCOc1c(C(C)C)cc(Cl)c2sc(NC)nc12. The molecule has 5 heteroatoms. The first kappa shape index (κ1) is 15.4. The molecule has 1 aromatic heterocycles. The summed E-state index contributed by atoms with van der Waals surface area (Å²) in [5.74, 6) is 1.25. The van der Waals surface area contributed by atoms with E-state index in [9.17, 15) is 0 Å². The summed E-state index contributed by atoms with van der Waals surface area (Å²) in [4.78, 5) is 4.61. The summed E-state index contributed by atoms with van der Waals surface area (Å²) in [6.45, 7) is 7.18. The maximum atomic E-state index is 6.40. The zero-order valence-corrected chi connectivity index (χ0v) is 14.0. The third-order valence-corrected chi connectivity index (χ3v) is 4.70. The van der Waals surface area contributed by atoms with Crippen molar-refractivity contribution in [3.05, 3.63) is 16.7 Å². The van der Waals surface area contributed by atoms with Crippen LogP contribution in [0.4, 0.5) is 5.13 Å². The van der Waals surface area contributed by atoms with Crippen molar-refractivity contribution in [3.63, 3.8) is 0 Å². The van der Waals surface area contributed by atoms with Crippen LogP contribution in [0.5, 0.6) is 5.75 Å². The fourth-order valence-electron chi connectivity index (χ4n) is 2.05. The molecule has 20 heavy (non-hydrogen) atoms. The number of nitrogens with zero attached hydrogens (tertiary/aromatic N) is 1. The van der Waals surface area contributed by atoms with Crippen LogP contribution in [0.3, 0.4) is 0 Å². The molecule has 0 aliphatic rings. The molecule has 0 aliphatic carbocycles. The molecule has 0 amide bonds. The fourth-order valence-corrected chi connectivity index (χ4v) is 3.19. The highest BCUT2D eigenvalue weighted by Gasteiger charge is 2.19. The quantitative estimate of drug-likeness (QED) is 0.735. The lowest BCUT2D eigenvalue weighted by Crippen LogP contribution is -2.02. The number of thiazole rings is 1. The lowest BCUT2D eigenvalue weighted by Gasteiger charge is -2.15. The van der Waals surface area contributed by atoms with Gasteiger partial charge in [0.2, 0.25) is 0 Å². The van der Waals surface area contributed by atoms with Crippen LogP contribution in [-0.2, 0) is 0 Å². The molecule has 2 rings (SSSR count). The van der Waals surface area contributed by atoms with Gasteiger partial charge in [0.25, 0.3) is 0 Å². The van der Waals surface area contributed by atoms with Gasteiger partial charge in [-0.3, -0.25) is 0 Å². The van der Waals surface area contributed by atoms with Crippen molar-refractivity contribution in [2.24, 2.45) is 0 Å².